The average Bonchev–Trinajstić information content (AvgIpc) is 2.88. The van der Waals surface area contributed by atoms with E-state index in [4.69, 9.17) is 0 Å². The van der Waals surface area contributed by atoms with Gasteiger partial charge in [0.05, 0.1) is 0 Å². The van der Waals surface area contributed by atoms with E-state index in [2.05, 4.69) is 23.5 Å². The van der Waals surface area contributed by atoms with Crippen LogP contribution in [0.15, 0.2) is 24.5 Å². The molecule has 0 aliphatic carbocycles. The normalized spacial score (nSPS) is 10.9. The van der Waals surface area contributed by atoms with Gasteiger partial charge in [-0.2, -0.15) is 0 Å². The van der Waals surface area contributed by atoms with Crippen LogP contribution in [0.25, 0.3) is 16.7 Å². The van der Waals surface area contributed by atoms with Gasteiger partial charge < -0.3 is 0 Å². The maximum atomic E-state index is 4.33. The van der Waals surface area contributed by atoms with Crippen LogP contribution in [0.5, 0.6) is 0 Å². The van der Waals surface area contributed by atoms with Gasteiger partial charge in [0.2, 0.25) is 0 Å². The van der Waals surface area contributed by atoms with E-state index in [9.17, 15) is 0 Å². The number of nitrogens with zero attached hydrogens (tertiary/aromatic N) is 6. The summed E-state index contributed by atoms with van der Waals surface area (Å²) in [5.41, 5.74) is 2.70. The minimum atomic E-state index is -0.0214. The fraction of sp³-hybridized carbons (Fsp3) is 0. The summed E-state index contributed by atoms with van der Waals surface area (Å²) in [7, 11) is 0. The van der Waals surface area contributed by atoms with Crippen LogP contribution in [-0.2, 0) is 0 Å². The van der Waals surface area contributed by atoms with Crippen molar-refractivity contribution >= 4 is 26.0 Å². The molecule has 0 radical (unpaired) electrons. The number of rotatable bonds is 1. The van der Waals surface area contributed by atoms with Gasteiger partial charge in [-0.25, -0.2) is 0 Å². The Bertz CT molecular complexity index is 556. The predicted molar refractivity (Wildman–Crippen MR) is 49.2 cm³/mol. The van der Waals surface area contributed by atoms with Gasteiger partial charge in [-0.3, -0.25) is 0 Å². The van der Waals surface area contributed by atoms with Crippen molar-refractivity contribution in [3.05, 3.63) is 24.5 Å². The zero-order chi connectivity index (χ0) is 9.38. The molecular formula is C7H4N6Se. The Morgan fingerprint density at radius 3 is 3.07 bits per heavy atom. The Kier molecular flexibility index (Phi) is 1.65. The number of tetrazole rings is 1. The van der Waals surface area contributed by atoms with Crippen LogP contribution in [0.2, 0.25) is 0 Å². The van der Waals surface area contributed by atoms with Gasteiger partial charge in [0.1, 0.15) is 0 Å². The molecule has 14 heavy (non-hydrogen) atoms. The van der Waals surface area contributed by atoms with Gasteiger partial charge >= 0.3 is 84.4 Å². The van der Waals surface area contributed by atoms with Crippen molar-refractivity contribution in [1.29, 1.82) is 0 Å². The molecule has 0 amide bonds. The average molecular weight is 251 g/mol. The van der Waals surface area contributed by atoms with Crippen molar-refractivity contribution < 1.29 is 0 Å². The molecule has 0 atom stereocenters. The summed E-state index contributed by atoms with van der Waals surface area (Å²) >= 11 is -0.0214. The molecule has 0 N–H and O–H groups in total. The SMILES string of the molecule is c1cc(-n2cnnn2)c2n[se]nc2c1. The van der Waals surface area contributed by atoms with Gasteiger partial charge in [-0.15, -0.1) is 0 Å². The molecule has 6 nitrogen and oxygen atoms in total. The molecule has 3 aromatic rings. The van der Waals surface area contributed by atoms with E-state index < -0.39 is 0 Å². The van der Waals surface area contributed by atoms with Gasteiger partial charge in [0, 0.05) is 0 Å². The third-order valence-electron chi connectivity index (χ3n) is 1.86. The molecule has 3 rings (SSSR count). The second kappa shape index (κ2) is 2.97. The summed E-state index contributed by atoms with van der Waals surface area (Å²) in [5.74, 6) is 0. The third-order valence-corrected chi connectivity index (χ3v) is 3.00. The summed E-state index contributed by atoms with van der Waals surface area (Å²) in [4.78, 5) is 0. The Morgan fingerprint density at radius 1 is 1.21 bits per heavy atom. The summed E-state index contributed by atoms with van der Waals surface area (Å²) < 4.78 is 10.2. The molecule has 0 aliphatic rings. The van der Waals surface area contributed by atoms with Gasteiger partial charge in [0.25, 0.3) is 0 Å². The van der Waals surface area contributed by atoms with Crippen LogP contribution in [0.4, 0.5) is 0 Å². The number of benzene rings is 1. The number of hydrogen-bond acceptors (Lipinski definition) is 5. The molecule has 0 saturated carbocycles. The van der Waals surface area contributed by atoms with E-state index in [1.165, 1.54) is 0 Å². The van der Waals surface area contributed by atoms with E-state index in [1.54, 1.807) is 11.0 Å². The van der Waals surface area contributed by atoms with Gasteiger partial charge in [-0.1, -0.05) is 0 Å². The van der Waals surface area contributed by atoms with Crippen molar-refractivity contribution in [1.82, 2.24) is 28.2 Å². The number of hydrogen-bond donors (Lipinski definition) is 0. The second-order valence-corrected chi connectivity index (χ2v) is 3.77. The Balaban J connectivity index is 2.36. The minimum absolute atomic E-state index is 0.0214. The Hall–Kier alpha value is -1.59. The van der Waals surface area contributed by atoms with Crippen LogP contribution >= 0.6 is 0 Å². The molecule has 0 bridgehead atoms. The first kappa shape index (κ1) is 7.78. The molecular weight excluding hydrogens is 247 g/mol. The molecule has 7 heteroatoms. The molecule has 0 spiro atoms. The first-order chi connectivity index (χ1) is 6.95. The molecule has 1 aromatic carbocycles. The topological polar surface area (TPSA) is 69.4 Å². The van der Waals surface area contributed by atoms with E-state index in [-0.39, 0.29) is 15.0 Å². The molecule has 0 aliphatic heterocycles. The Morgan fingerprint density at radius 2 is 2.21 bits per heavy atom. The monoisotopic (exact) mass is 252 g/mol. The van der Waals surface area contributed by atoms with Gasteiger partial charge in [-0.05, 0) is 0 Å². The van der Waals surface area contributed by atoms with Crippen molar-refractivity contribution in [2.75, 3.05) is 0 Å². The first-order valence-corrected chi connectivity index (χ1v) is 5.43. The molecule has 0 fully saturated rings. The summed E-state index contributed by atoms with van der Waals surface area (Å²) in [5, 5.41) is 11.0. The van der Waals surface area contributed by atoms with Gasteiger partial charge in [0.15, 0.2) is 0 Å². The predicted octanol–water partition coefficient (Wildman–Crippen LogP) is -0.338. The molecule has 0 unspecified atom stereocenters. The van der Waals surface area contributed by atoms with Crippen LogP contribution in [0.1, 0.15) is 0 Å². The zero-order valence-electron chi connectivity index (χ0n) is 6.90. The quantitative estimate of drug-likeness (QED) is 0.553. The third kappa shape index (κ3) is 1.07. The number of aromatic nitrogens is 6. The zero-order valence-corrected chi connectivity index (χ0v) is 8.61. The molecule has 0 saturated heterocycles. The summed E-state index contributed by atoms with van der Waals surface area (Å²) in [6, 6.07) is 5.80. The van der Waals surface area contributed by atoms with E-state index in [0.717, 1.165) is 16.7 Å². The van der Waals surface area contributed by atoms with Crippen LogP contribution < -0.4 is 0 Å². The van der Waals surface area contributed by atoms with E-state index >= 15 is 0 Å². The fourth-order valence-electron chi connectivity index (χ4n) is 1.25. The molecule has 2 aromatic heterocycles. The van der Waals surface area contributed by atoms with Crippen molar-refractivity contribution in [3.8, 4) is 5.69 Å². The van der Waals surface area contributed by atoms with Crippen LogP contribution in [-0.4, -0.2) is 43.1 Å². The Labute approximate surface area is 84.8 Å². The first-order valence-electron chi connectivity index (χ1n) is 3.90. The van der Waals surface area contributed by atoms with Crippen molar-refractivity contribution in [2.24, 2.45) is 0 Å². The molecule has 68 valence electrons. The fourth-order valence-corrected chi connectivity index (χ4v) is 2.39. The van der Waals surface area contributed by atoms with Crippen LogP contribution in [0.3, 0.4) is 0 Å². The van der Waals surface area contributed by atoms with Crippen molar-refractivity contribution in [2.45, 2.75) is 0 Å². The van der Waals surface area contributed by atoms with E-state index in [1.807, 2.05) is 18.2 Å². The maximum absolute atomic E-state index is 4.33. The number of fused-ring (bicyclic) bond motifs is 1. The van der Waals surface area contributed by atoms with Crippen LogP contribution in [0, 0.1) is 0 Å². The van der Waals surface area contributed by atoms with E-state index in [0.29, 0.717) is 0 Å². The summed E-state index contributed by atoms with van der Waals surface area (Å²) in [6.07, 6.45) is 1.55. The second-order valence-electron chi connectivity index (χ2n) is 2.66. The summed E-state index contributed by atoms with van der Waals surface area (Å²) in [6.45, 7) is 0. The van der Waals surface area contributed by atoms with Crippen molar-refractivity contribution in [3.63, 3.8) is 0 Å². The standard InChI is InChI=1S/C7H4N6Se/c1-2-5-7(10-14-9-5)6(3-1)13-4-8-11-12-13/h1-4H. The molecule has 2 heterocycles.